The Kier molecular flexibility index (Phi) is 29.8. The molecule has 0 amide bonds. The Hall–Kier alpha value is -1.93. The van der Waals surface area contributed by atoms with Crippen LogP contribution in [0.4, 0.5) is 0 Å². The molecule has 320 valence electrons. The topological polar surface area (TPSA) is 210 Å². The predicted octanol–water partition coefficient (Wildman–Crippen LogP) is 7.05. The smallest absolute Gasteiger partial charge is 0.462 e. The number of phosphoric acid groups is 1. The van der Waals surface area contributed by atoms with Crippen molar-refractivity contribution in [2.45, 2.75) is 198 Å². The van der Waals surface area contributed by atoms with Crippen molar-refractivity contribution in [2.24, 2.45) is 0 Å². The van der Waals surface area contributed by atoms with E-state index in [1.807, 2.05) is 0 Å². The Labute approximate surface area is 329 Å². The lowest BCUT2D eigenvalue weighted by atomic mass is 9.85. The van der Waals surface area contributed by atoms with E-state index in [1.165, 1.54) is 32.1 Å². The molecular formula is C41H73O13P. The molecule has 0 heterocycles. The summed E-state index contributed by atoms with van der Waals surface area (Å²) >= 11 is 0. The van der Waals surface area contributed by atoms with E-state index >= 15 is 0 Å². The number of rotatable bonds is 33. The van der Waals surface area contributed by atoms with Gasteiger partial charge >= 0.3 is 19.8 Å². The third-order valence-corrected chi connectivity index (χ3v) is 10.4. The quantitative estimate of drug-likeness (QED) is 0.0170. The van der Waals surface area contributed by atoms with Crippen molar-refractivity contribution < 1.29 is 63.1 Å². The molecule has 0 aromatic rings. The Morgan fingerprint density at radius 1 is 0.564 bits per heavy atom. The number of unbranched alkanes of at least 4 members (excludes halogenated alkanes) is 15. The maximum atomic E-state index is 12.8. The van der Waals surface area contributed by atoms with Crippen molar-refractivity contribution in [3.8, 4) is 0 Å². The number of allylic oxidation sites excluding steroid dienone is 6. The van der Waals surface area contributed by atoms with Gasteiger partial charge in [-0.05, 0) is 64.2 Å². The van der Waals surface area contributed by atoms with Crippen LogP contribution < -0.4 is 0 Å². The summed E-state index contributed by atoms with van der Waals surface area (Å²) in [6.07, 6.45) is 20.7. The summed E-state index contributed by atoms with van der Waals surface area (Å²) in [5, 5.41) is 50.0. The minimum Gasteiger partial charge on any atom is -0.462 e. The molecule has 13 nitrogen and oxygen atoms in total. The second-order valence-electron chi connectivity index (χ2n) is 14.5. The summed E-state index contributed by atoms with van der Waals surface area (Å²) in [5.74, 6) is -1.13. The number of esters is 2. The third kappa shape index (κ3) is 25.1. The molecule has 1 rings (SSSR count). The second kappa shape index (κ2) is 32.1. The average Bonchev–Trinajstić information content (AvgIpc) is 3.16. The Morgan fingerprint density at radius 2 is 1.00 bits per heavy atom. The van der Waals surface area contributed by atoms with Crippen molar-refractivity contribution in [3.63, 3.8) is 0 Å². The Balaban J connectivity index is 2.53. The molecule has 0 spiro atoms. The number of ether oxygens (including phenoxy) is 2. The van der Waals surface area contributed by atoms with Gasteiger partial charge in [-0.1, -0.05) is 115 Å². The van der Waals surface area contributed by atoms with Crippen molar-refractivity contribution in [1.29, 1.82) is 0 Å². The molecule has 6 unspecified atom stereocenters. The summed E-state index contributed by atoms with van der Waals surface area (Å²) in [6, 6.07) is 0. The molecule has 0 aliphatic heterocycles. The van der Waals surface area contributed by atoms with Gasteiger partial charge in [0.25, 0.3) is 0 Å². The lowest BCUT2D eigenvalue weighted by Gasteiger charge is -2.41. The van der Waals surface area contributed by atoms with Crippen LogP contribution in [0.1, 0.15) is 155 Å². The summed E-state index contributed by atoms with van der Waals surface area (Å²) in [5.41, 5.74) is 0. The zero-order valence-electron chi connectivity index (χ0n) is 33.5. The van der Waals surface area contributed by atoms with Crippen LogP contribution in [0, 0.1) is 0 Å². The number of carbonyl (C=O) groups is 2. The lowest BCUT2D eigenvalue weighted by Crippen LogP contribution is -2.64. The van der Waals surface area contributed by atoms with Crippen LogP contribution in [-0.2, 0) is 32.7 Å². The van der Waals surface area contributed by atoms with Crippen LogP contribution in [0.5, 0.6) is 0 Å². The first-order valence-electron chi connectivity index (χ1n) is 20.8. The molecule has 0 aromatic heterocycles. The molecular weight excluding hydrogens is 731 g/mol. The first-order valence-corrected chi connectivity index (χ1v) is 22.3. The number of phosphoric ester groups is 1. The number of aliphatic hydroxyl groups excluding tert-OH is 5. The average molecular weight is 805 g/mol. The lowest BCUT2D eigenvalue weighted by molar-refractivity contribution is -0.220. The normalized spacial score (nSPS) is 23.4. The molecule has 1 saturated carbocycles. The number of aliphatic hydroxyl groups is 5. The number of hydrogen-bond acceptors (Lipinski definition) is 12. The number of hydrogen-bond donors (Lipinski definition) is 6. The van der Waals surface area contributed by atoms with E-state index < -0.39 is 75.7 Å². The van der Waals surface area contributed by atoms with Gasteiger partial charge in [0.2, 0.25) is 0 Å². The van der Waals surface area contributed by atoms with Gasteiger partial charge in [0.1, 0.15) is 43.2 Å². The zero-order valence-corrected chi connectivity index (χ0v) is 34.4. The van der Waals surface area contributed by atoms with Crippen molar-refractivity contribution in [2.75, 3.05) is 13.2 Å². The highest BCUT2D eigenvalue weighted by Gasteiger charge is 2.51. The Morgan fingerprint density at radius 3 is 1.55 bits per heavy atom. The molecule has 1 aliphatic rings. The maximum Gasteiger partial charge on any atom is 0.472 e. The van der Waals surface area contributed by atoms with E-state index in [2.05, 4.69) is 50.3 Å². The van der Waals surface area contributed by atoms with Crippen molar-refractivity contribution >= 4 is 19.8 Å². The molecule has 6 N–H and O–H groups in total. The van der Waals surface area contributed by atoms with E-state index in [1.54, 1.807) is 0 Å². The molecule has 0 saturated heterocycles. The molecule has 8 atom stereocenters. The van der Waals surface area contributed by atoms with E-state index in [0.717, 1.165) is 83.5 Å². The fraction of sp³-hybridized carbons (Fsp3) is 0.805. The number of carbonyl (C=O) groups excluding carboxylic acids is 2. The van der Waals surface area contributed by atoms with Crippen LogP contribution in [0.15, 0.2) is 36.5 Å². The summed E-state index contributed by atoms with van der Waals surface area (Å²) < 4.78 is 33.4. The summed E-state index contributed by atoms with van der Waals surface area (Å²) in [6.45, 7) is 3.18. The minimum absolute atomic E-state index is 0.0786. The molecule has 0 bridgehead atoms. The first-order chi connectivity index (χ1) is 26.4. The van der Waals surface area contributed by atoms with Crippen LogP contribution in [0.25, 0.3) is 0 Å². The summed E-state index contributed by atoms with van der Waals surface area (Å²) in [7, 11) is -5.12. The first kappa shape index (κ1) is 51.1. The monoisotopic (exact) mass is 804 g/mol. The van der Waals surface area contributed by atoms with Gasteiger partial charge in [0.15, 0.2) is 6.10 Å². The maximum absolute atomic E-state index is 12.8. The van der Waals surface area contributed by atoms with E-state index in [-0.39, 0.29) is 12.8 Å². The molecule has 14 heteroatoms. The second-order valence-corrected chi connectivity index (χ2v) is 15.9. The fourth-order valence-corrected chi connectivity index (χ4v) is 6.97. The van der Waals surface area contributed by atoms with Gasteiger partial charge in [-0.3, -0.25) is 18.6 Å². The summed E-state index contributed by atoms with van der Waals surface area (Å²) in [4.78, 5) is 35.5. The van der Waals surface area contributed by atoms with Crippen LogP contribution >= 0.6 is 7.82 Å². The van der Waals surface area contributed by atoms with Crippen LogP contribution in [-0.4, -0.2) is 98.3 Å². The SMILES string of the molecule is CCCC/C=C/C/C=C/CCCCCCCC(=O)O[C@H](COC(=O)CCCCCCC/C=C/CCCCC)COP(=O)(O)OC1C(O)C(O)C(O)[C@@H](O)C1O. The molecule has 1 aliphatic carbocycles. The fourth-order valence-electron chi connectivity index (χ4n) is 6.00. The van der Waals surface area contributed by atoms with Crippen LogP contribution in [0.2, 0.25) is 0 Å². The highest BCUT2D eigenvalue weighted by Crippen LogP contribution is 2.47. The van der Waals surface area contributed by atoms with Gasteiger partial charge in [-0.25, -0.2) is 4.57 Å². The highest BCUT2D eigenvalue weighted by atomic mass is 31.2. The molecule has 1 fully saturated rings. The van der Waals surface area contributed by atoms with Crippen LogP contribution in [0.3, 0.4) is 0 Å². The van der Waals surface area contributed by atoms with E-state index in [9.17, 15) is 44.6 Å². The highest BCUT2D eigenvalue weighted by molar-refractivity contribution is 7.47. The third-order valence-electron chi connectivity index (χ3n) is 9.45. The molecule has 55 heavy (non-hydrogen) atoms. The van der Waals surface area contributed by atoms with Crippen molar-refractivity contribution in [1.82, 2.24) is 0 Å². The minimum atomic E-state index is -5.12. The Bertz CT molecular complexity index is 1110. The van der Waals surface area contributed by atoms with E-state index in [0.29, 0.717) is 12.8 Å². The van der Waals surface area contributed by atoms with Gasteiger partial charge in [-0.15, -0.1) is 0 Å². The zero-order chi connectivity index (χ0) is 40.7. The van der Waals surface area contributed by atoms with Crippen molar-refractivity contribution in [3.05, 3.63) is 36.5 Å². The molecule has 0 aromatic carbocycles. The standard InChI is InChI=1S/C41H73O13P/c1-3-5-7-9-11-13-15-17-18-20-22-24-26-28-30-35(43)53-33(31-51-34(42)29-27-25-23-21-19-16-14-12-10-8-6-4-2)32-52-55(49,50)54-41-39(47)37(45)36(44)38(46)40(41)48/h9,11-12,14-15,17,33,36-41,44-48H,3-8,10,13,16,18-32H2,1-2H3,(H,49,50)/b11-9+,14-12+,17-15+/t33-,36?,37-,38?,39?,40?,41?/m1/s1. The largest absolute Gasteiger partial charge is 0.472 e. The molecule has 0 radical (unpaired) electrons. The predicted molar refractivity (Wildman–Crippen MR) is 212 cm³/mol. The van der Waals surface area contributed by atoms with E-state index in [4.69, 9.17) is 18.5 Å². The van der Waals surface area contributed by atoms with Gasteiger partial charge in [0, 0.05) is 12.8 Å². The van der Waals surface area contributed by atoms with Gasteiger partial charge in [0.05, 0.1) is 6.61 Å². The van der Waals surface area contributed by atoms with Gasteiger partial charge in [-0.2, -0.15) is 0 Å². The van der Waals surface area contributed by atoms with Gasteiger partial charge < -0.3 is 39.9 Å².